The summed E-state index contributed by atoms with van der Waals surface area (Å²) < 4.78 is 0. The third kappa shape index (κ3) is 1.75. The van der Waals surface area contributed by atoms with E-state index in [4.69, 9.17) is 17.3 Å². The summed E-state index contributed by atoms with van der Waals surface area (Å²) in [6, 6.07) is 2.28. The first kappa shape index (κ1) is 9.52. The third-order valence-electron chi connectivity index (χ3n) is 2.55. The van der Waals surface area contributed by atoms with E-state index >= 15 is 0 Å². The van der Waals surface area contributed by atoms with Crippen molar-refractivity contribution in [2.75, 3.05) is 17.2 Å². The fraction of sp³-hybridized carbons (Fsp3) is 0.556. The van der Waals surface area contributed by atoms with Crippen molar-refractivity contribution in [2.45, 2.75) is 25.8 Å². The number of halogens is 1. The highest BCUT2D eigenvalue weighted by Gasteiger charge is 2.22. The number of rotatable bonds is 1. The van der Waals surface area contributed by atoms with Crippen LogP contribution in [-0.4, -0.2) is 22.6 Å². The number of hydrogen-bond donors (Lipinski definition) is 1. The molecule has 1 aromatic heterocycles. The fourth-order valence-corrected chi connectivity index (χ4v) is 2.03. The van der Waals surface area contributed by atoms with E-state index in [2.05, 4.69) is 21.8 Å². The molecule has 5 heteroatoms. The van der Waals surface area contributed by atoms with Gasteiger partial charge in [-0.1, -0.05) is 11.6 Å². The van der Waals surface area contributed by atoms with Crippen LogP contribution in [0.15, 0.2) is 6.07 Å². The Hall–Kier alpha value is -1.03. The van der Waals surface area contributed by atoms with Gasteiger partial charge in [-0.2, -0.15) is 4.98 Å². The Balaban J connectivity index is 2.31. The number of nitrogens with two attached hydrogens (primary N) is 1. The van der Waals surface area contributed by atoms with Crippen molar-refractivity contribution in [1.29, 1.82) is 0 Å². The highest BCUT2D eigenvalue weighted by atomic mass is 35.5. The van der Waals surface area contributed by atoms with Crippen LogP contribution in [0, 0.1) is 0 Å². The summed E-state index contributed by atoms with van der Waals surface area (Å²) >= 11 is 5.82. The summed E-state index contributed by atoms with van der Waals surface area (Å²) in [6.07, 6.45) is 2.39. The topological polar surface area (TPSA) is 55.0 Å². The van der Waals surface area contributed by atoms with E-state index in [0.29, 0.717) is 11.2 Å². The minimum Gasteiger partial charge on any atom is -0.368 e. The summed E-state index contributed by atoms with van der Waals surface area (Å²) in [5.41, 5.74) is 5.54. The Morgan fingerprint density at radius 2 is 2.36 bits per heavy atom. The molecule has 14 heavy (non-hydrogen) atoms. The van der Waals surface area contributed by atoms with Crippen molar-refractivity contribution in [3.8, 4) is 0 Å². The van der Waals surface area contributed by atoms with Crippen LogP contribution in [0.2, 0.25) is 5.15 Å². The maximum atomic E-state index is 5.82. The number of anilines is 2. The minimum absolute atomic E-state index is 0.242. The van der Waals surface area contributed by atoms with Crippen LogP contribution >= 0.6 is 11.6 Å². The van der Waals surface area contributed by atoms with Crippen LogP contribution in [0.1, 0.15) is 19.8 Å². The SMILES string of the molecule is CC1CCCN1c1cc(Cl)nc(N)n1. The van der Waals surface area contributed by atoms with Gasteiger partial charge in [-0.05, 0) is 19.8 Å². The first-order chi connectivity index (χ1) is 6.66. The van der Waals surface area contributed by atoms with E-state index in [0.717, 1.165) is 12.4 Å². The Morgan fingerprint density at radius 3 is 2.93 bits per heavy atom. The Bertz CT molecular complexity index is 321. The lowest BCUT2D eigenvalue weighted by Crippen LogP contribution is -2.27. The van der Waals surface area contributed by atoms with Crippen LogP contribution in [-0.2, 0) is 0 Å². The maximum Gasteiger partial charge on any atom is 0.223 e. The third-order valence-corrected chi connectivity index (χ3v) is 2.74. The van der Waals surface area contributed by atoms with Crippen molar-refractivity contribution in [2.24, 2.45) is 0 Å². The van der Waals surface area contributed by atoms with Crippen LogP contribution in [0.3, 0.4) is 0 Å². The average molecular weight is 213 g/mol. The number of hydrogen-bond acceptors (Lipinski definition) is 4. The van der Waals surface area contributed by atoms with Crippen LogP contribution < -0.4 is 10.6 Å². The zero-order valence-electron chi connectivity index (χ0n) is 8.07. The monoisotopic (exact) mass is 212 g/mol. The molecule has 2 N–H and O–H groups in total. The van der Waals surface area contributed by atoms with Gasteiger partial charge in [0.15, 0.2) is 0 Å². The predicted octanol–water partition coefficient (Wildman–Crippen LogP) is 1.70. The van der Waals surface area contributed by atoms with E-state index in [1.54, 1.807) is 6.07 Å². The second kappa shape index (κ2) is 3.61. The molecule has 1 aliphatic rings. The molecule has 0 aliphatic carbocycles. The predicted molar refractivity (Wildman–Crippen MR) is 57.5 cm³/mol. The summed E-state index contributed by atoms with van der Waals surface area (Å²) in [6.45, 7) is 3.20. The second-order valence-electron chi connectivity index (χ2n) is 3.59. The van der Waals surface area contributed by atoms with Gasteiger partial charge in [0.2, 0.25) is 5.95 Å². The standard InChI is InChI=1S/C9H13ClN4/c1-6-3-2-4-14(6)8-5-7(10)12-9(11)13-8/h5-6H,2-4H2,1H3,(H2,11,12,13). The molecule has 0 aromatic carbocycles. The molecule has 1 atom stereocenters. The van der Waals surface area contributed by atoms with E-state index in [1.165, 1.54) is 12.8 Å². The van der Waals surface area contributed by atoms with Gasteiger partial charge in [0.1, 0.15) is 11.0 Å². The van der Waals surface area contributed by atoms with E-state index < -0.39 is 0 Å². The molecule has 0 spiro atoms. The molecular weight excluding hydrogens is 200 g/mol. The van der Waals surface area contributed by atoms with Crippen molar-refractivity contribution < 1.29 is 0 Å². The minimum atomic E-state index is 0.242. The first-order valence-electron chi connectivity index (χ1n) is 4.73. The summed E-state index contributed by atoms with van der Waals surface area (Å²) in [7, 11) is 0. The zero-order chi connectivity index (χ0) is 10.1. The fourth-order valence-electron chi connectivity index (χ4n) is 1.84. The lowest BCUT2D eigenvalue weighted by molar-refractivity contribution is 0.726. The highest BCUT2D eigenvalue weighted by Crippen LogP contribution is 2.25. The average Bonchev–Trinajstić information content (AvgIpc) is 2.49. The molecule has 1 unspecified atom stereocenters. The molecule has 1 aromatic rings. The Labute approximate surface area is 88.1 Å². The van der Waals surface area contributed by atoms with Crippen LogP contribution in [0.4, 0.5) is 11.8 Å². The quantitative estimate of drug-likeness (QED) is 0.720. The van der Waals surface area contributed by atoms with E-state index in [9.17, 15) is 0 Å². The molecule has 2 rings (SSSR count). The van der Waals surface area contributed by atoms with Crippen molar-refractivity contribution in [1.82, 2.24) is 9.97 Å². The molecule has 1 saturated heterocycles. The van der Waals surface area contributed by atoms with Crippen LogP contribution in [0.25, 0.3) is 0 Å². The molecule has 2 heterocycles. The Kier molecular flexibility index (Phi) is 2.46. The van der Waals surface area contributed by atoms with Gasteiger partial charge in [0.25, 0.3) is 0 Å². The zero-order valence-corrected chi connectivity index (χ0v) is 8.83. The summed E-state index contributed by atoms with van der Waals surface area (Å²) in [5.74, 6) is 1.08. The lowest BCUT2D eigenvalue weighted by atomic mass is 10.2. The summed E-state index contributed by atoms with van der Waals surface area (Å²) in [5, 5.41) is 0.409. The maximum absolute atomic E-state index is 5.82. The number of nitrogen functional groups attached to an aromatic ring is 1. The van der Waals surface area contributed by atoms with Gasteiger partial charge in [-0.15, -0.1) is 0 Å². The molecular formula is C9H13ClN4. The van der Waals surface area contributed by atoms with Gasteiger partial charge >= 0.3 is 0 Å². The summed E-state index contributed by atoms with van der Waals surface area (Å²) in [4.78, 5) is 10.2. The van der Waals surface area contributed by atoms with Crippen LogP contribution in [0.5, 0.6) is 0 Å². The van der Waals surface area contributed by atoms with Gasteiger partial charge in [0.05, 0.1) is 0 Å². The Morgan fingerprint density at radius 1 is 1.57 bits per heavy atom. The number of aromatic nitrogens is 2. The van der Waals surface area contributed by atoms with E-state index in [-0.39, 0.29) is 5.95 Å². The van der Waals surface area contributed by atoms with Gasteiger partial charge in [-0.25, -0.2) is 4.98 Å². The van der Waals surface area contributed by atoms with Crippen molar-refractivity contribution >= 4 is 23.4 Å². The first-order valence-corrected chi connectivity index (χ1v) is 5.11. The van der Waals surface area contributed by atoms with Gasteiger partial charge in [0, 0.05) is 18.7 Å². The molecule has 4 nitrogen and oxygen atoms in total. The molecule has 0 radical (unpaired) electrons. The molecule has 0 amide bonds. The molecule has 76 valence electrons. The van der Waals surface area contributed by atoms with Gasteiger partial charge < -0.3 is 10.6 Å². The lowest BCUT2D eigenvalue weighted by Gasteiger charge is -2.22. The smallest absolute Gasteiger partial charge is 0.223 e. The van der Waals surface area contributed by atoms with Gasteiger partial charge in [-0.3, -0.25) is 0 Å². The number of nitrogens with zero attached hydrogens (tertiary/aromatic N) is 3. The highest BCUT2D eigenvalue weighted by molar-refractivity contribution is 6.29. The van der Waals surface area contributed by atoms with E-state index in [1.807, 2.05) is 0 Å². The molecule has 0 bridgehead atoms. The normalized spacial score (nSPS) is 21.6. The molecule has 1 fully saturated rings. The van der Waals surface area contributed by atoms with Crippen molar-refractivity contribution in [3.63, 3.8) is 0 Å². The largest absolute Gasteiger partial charge is 0.368 e. The second-order valence-corrected chi connectivity index (χ2v) is 3.98. The van der Waals surface area contributed by atoms with Crippen molar-refractivity contribution in [3.05, 3.63) is 11.2 Å². The molecule has 1 aliphatic heterocycles. The molecule has 0 saturated carbocycles.